The Bertz CT molecular complexity index is 1260. The lowest BCUT2D eigenvalue weighted by Crippen LogP contribution is -2.50. The fraction of sp³-hybridized carbons (Fsp3) is 0.360. The second-order valence-electron chi connectivity index (χ2n) is 8.50. The van der Waals surface area contributed by atoms with Crippen molar-refractivity contribution in [2.75, 3.05) is 19.6 Å². The summed E-state index contributed by atoms with van der Waals surface area (Å²) in [6, 6.07) is 15.1. The standard InChI is InChI=1S/C25H29N3O5S/c1-18-15-19(22-7-3-4-8-23(22)27-18)17-33-20-9-11-21(12-10-20)34(31,32)26-16-24(25(29)30)28-13-5-2-6-14-28/h3-4,7-12,15,24,26H,2,5-6,13-14,16-17H2,1H3,(H,29,30)/t24-/m0/s1. The Morgan fingerprint density at radius 3 is 2.53 bits per heavy atom. The number of fused-ring (bicyclic) bond motifs is 1. The molecule has 0 unspecified atom stereocenters. The van der Waals surface area contributed by atoms with Gasteiger partial charge in [0.1, 0.15) is 18.4 Å². The zero-order valence-electron chi connectivity index (χ0n) is 19.1. The molecule has 4 rings (SSSR count). The Kier molecular flexibility index (Phi) is 7.45. The number of para-hydroxylation sites is 1. The number of hydrogen-bond acceptors (Lipinski definition) is 6. The Balaban J connectivity index is 1.40. The summed E-state index contributed by atoms with van der Waals surface area (Å²) in [6.07, 6.45) is 2.92. The minimum absolute atomic E-state index is 0.0628. The number of likely N-dealkylation sites (tertiary alicyclic amines) is 1. The van der Waals surface area contributed by atoms with E-state index in [0.717, 1.165) is 41.4 Å². The molecule has 2 heterocycles. The molecule has 0 bridgehead atoms. The predicted molar refractivity (Wildman–Crippen MR) is 129 cm³/mol. The quantitative estimate of drug-likeness (QED) is 0.480. The summed E-state index contributed by atoms with van der Waals surface area (Å²) in [5.41, 5.74) is 2.80. The zero-order valence-corrected chi connectivity index (χ0v) is 19.9. The third-order valence-electron chi connectivity index (χ3n) is 6.04. The van der Waals surface area contributed by atoms with Gasteiger partial charge in [-0.1, -0.05) is 24.6 Å². The van der Waals surface area contributed by atoms with Gasteiger partial charge in [-0.3, -0.25) is 14.7 Å². The molecule has 1 fully saturated rings. The summed E-state index contributed by atoms with van der Waals surface area (Å²) < 4.78 is 33.9. The molecule has 1 aliphatic rings. The highest BCUT2D eigenvalue weighted by molar-refractivity contribution is 7.89. The van der Waals surface area contributed by atoms with Crippen molar-refractivity contribution in [3.05, 3.63) is 65.9 Å². The van der Waals surface area contributed by atoms with Crippen molar-refractivity contribution in [2.45, 2.75) is 43.7 Å². The van der Waals surface area contributed by atoms with E-state index in [9.17, 15) is 18.3 Å². The van der Waals surface area contributed by atoms with Crippen LogP contribution in [0, 0.1) is 6.92 Å². The number of benzene rings is 2. The van der Waals surface area contributed by atoms with Gasteiger partial charge >= 0.3 is 5.97 Å². The largest absolute Gasteiger partial charge is 0.489 e. The highest BCUT2D eigenvalue weighted by Crippen LogP contribution is 2.22. The van der Waals surface area contributed by atoms with Crippen LogP contribution in [-0.4, -0.2) is 55.1 Å². The van der Waals surface area contributed by atoms with Gasteiger partial charge in [-0.15, -0.1) is 0 Å². The molecule has 2 aromatic carbocycles. The Morgan fingerprint density at radius 2 is 1.82 bits per heavy atom. The molecule has 0 saturated carbocycles. The van der Waals surface area contributed by atoms with E-state index >= 15 is 0 Å². The first-order valence-corrected chi connectivity index (χ1v) is 12.9. The number of carboxylic acid groups (broad SMARTS) is 1. The fourth-order valence-corrected chi connectivity index (χ4v) is 5.30. The minimum atomic E-state index is -3.85. The van der Waals surface area contributed by atoms with Gasteiger partial charge in [-0.25, -0.2) is 13.1 Å². The summed E-state index contributed by atoms with van der Waals surface area (Å²) in [6.45, 7) is 3.41. The molecule has 8 nitrogen and oxygen atoms in total. The van der Waals surface area contributed by atoms with Crippen molar-refractivity contribution >= 4 is 26.9 Å². The summed E-state index contributed by atoms with van der Waals surface area (Å²) >= 11 is 0. The first-order chi connectivity index (χ1) is 16.3. The molecule has 2 N–H and O–H groups in total. The Hall–Kier alpha value is -3.01. The maximum absolute atomic E-state index is 12.7. The third kappa shape index (κ3) is 5.72. The van der Waals surface area contributed by atoms with Crippen LogP contribution in [0.1, 0.15) is 30.5 Å². The van der Waals surface area contributed by atoms with Crippen molar-refractivity contribution in [3.63, 3.8) is 0 Å². The third-order valence-corrected chi connectivity index (χ3v) is 7.48. The van der Waals surface area contributed by atoms with Crippen molar-refractivity contribution in [3.8, 4) is 5.75 Å². The smallest absolute Gasteiger partial charge is 0.322 e. The number of aliphatic carboxylic acids is 1. The number of hydrogen-bond donors (Lipinski definition) is 2. The minimum Gasteiger partial charge on any atom is -0.489 e. The van der Waals surface area contributed by atoms with E-state index in [2.05, 4.69) is 9.71 Å². The average Bonchev–Trinajstić information content (AvgIpc) is 2.83. The van der Waals surface area contributed by atoms with E-state index in [4.69, 9.17) is 4.74 Å². The highest BCUT2D eigenvalue weighted by atomic mass is 32.2. The van der Waals surface area contributed by atoms with Crippen LogP contribution in [0.3, 0.4) is 0 Å². The molecule has 0 aliphatic carbocycles. The first-order valence-electron chi connectivity index (χ1n) is 11.4. The van der Waals surface area contributed by atoms with Crippen LogP contribution in [0.4, 0.5) is 0 Å². The second kappa shape index (κ2) is 10.5. The molecule has 34 heavy (non-hydrogen) atoms. The van der Waals surface area contributed by atoms with E-state index in [0.29, 0.717) is 25.4 Å². The predicted octanol–water partition coefficient (Wildman–Crippen LogP) is 3.34. The summed E-state index contributed by atoms with van der Waals surface area (Å²) in [7, 11) is -3.85. The van der Waals surface area contributed by atoms with E-state index in [1.807, 2.05) is 42.2 Å². The summed E-state index contributed by atoms with van der Waals surface area (Å²) in [5.74, 6) is -0.485. The Labute approximate surface area is 199 Å². The summed E-state index contributed by atoms with van der Waals surface area (Å²) in [4.78, 5) is 18.1. The molecular formula is C25H29N3O5S. The number of carboxylic acids is 1. The van der Waals surface area contributed by atoms with E-state index in [-0.39, 0.29) is 11.4 Å². The number of nitrogens with zero attached hydrogens (tertiary/aromatic N) is 2. The van der Waals surface area contributed by atoms with Gasteiger partial charge in [0.05, 0.1) is 10.4 Å². The monoisotopic (exact) mass is 483 g/mol. The van der Waals surface area contributed by atoms with Crippen LogP contribution < -0.4 is 9.46 Å². The number of aromatic nitrogens is 1. The zero-order chi connectivity index (χ0) is 24.1. The van der Waals surface area contributed by atoms with Crippen LogP contribution in [0.5, 0.6) is 5.75 Å². The lowest BCUT2D eigenvalue weighted by molar-refractivity contribution is -0.143. The van der Waals surface area contributed by atoms with Crippen molar-refractivity contribution < 1.29 is 23.1 Å². The van der Waals surface area contributed by atoms with Gasteiger partial charge < -0.3 is 9.84 Å². The molecule has 1 aliphatic heterocycles. The van der Waals surface area contributed by atoms with Crippen LogP contribution in [0.15, 0.2) is 59.5 Å². The molecule has 180 valence electrons. The number of piperidine rings is 1. The number of nitrogens with one attached hydrogen (secondary N) is 1. The van der Waals surface area contributed by atoms with Crippen LogP contribution in [0.2, 0.25) is 0 Å². The van der Waals surface area contributed by atoms with Crippen LogP contribution in [0.25, 0.3) is 10.9 Å². The number of ether oxygens (including phenoxy) is 1. The van der Waals surface area contributed by atoms with Crippen molar-refractivity contribution in [1.29, 1.82) is 0 Å². The molecule has 1 saturated heterocycles. The van der Waals surface area contributed by atoms with Gasteiger partial charge in [-0.05, 0) is 69.3 Å². The van der Waals surface area contributed by atoms with Crippen LogP contribution in [-0.2, 0) is 21.4 Å². The molecular weight excluding hydrogens is 454 g/mol. The lowest BCUT2D eigenvalue weighted by Gasteiger charge is -2.31. The number of aryl methyl sites for hydroxylation is 1. The molecule has 3 aromatic rings. The van der Waals surface area contributed by atoms with Crippen molar-refractivity contribution in [1.82, 2.24) is 14.6 Å². The van der Waals surface area contributed by atoms with E-state index in [1.54, 1.807) is 12.1 Å². The number of rotatable bonds is 9. The topological polar surface area (TPSA) is 109 Å². The molecule has 0 spiro atoms. The van der Waals surface area contributed by atoms with Gasteiger partial charge in [0, 0.05) is 23.2 Å². The first kappa shape index (κ1) is 24.1. The van der Waals surface area contributed by atoms with Gasteiger partial charge in [0.2, 0.25) is 10.0 Å². The molecule has 0 radical (unpaired) electrons. The molecule has 1 atom stereocenters. The van der Waals surface area contributed by atoms with Gasteiger partial charge in [0.15, 0.2) is 0 Å². The van der Waals surface area contributed by atoms with Crippen molar-refractivity contribution in [2.24, 2.45) is 0 Å². The number of carbonyl (C=O) groups is 1. The van der Waals surface area contributed by atoms with E-state index in [1.165, 1.54) is 12.1 Å². The second-order valence-corrected chi connectivity index (χ2v) is 10.3. The summed E-state index contributed by atoms with van der Waals surface area (Å²) in [5, 5.41) is 10.6. The normalized spacial score (nSPS) is 15.8. The maximum atomic E-state index is 12.7. The molecule has 0 amide bonds. The molecule has 1 aromatic heterocycles. The van der Waals surface area contributed by atoms with Crippen LogP contribution >= 0.6 is 0 Å². The van der Waals surface area contributed by atoms with Gasteiger partial charge in [-0.2, -0.15) is 0 Å². The van der Waals surface area contributed by atoms with Gasteiger partial charge in [0.25, 0.3) is 0 Å². The maximum Gasteiger partial charge on any atom is 0.322 e. The lowest BCUT2D eigenvalue weighted by atomic mass is 10.1. The number of sulfonamides is 1. The fourth-order valence-electron chi connectivity index (χ4n) is 4.26. The average molecular weight is 484 g/mol. The number of pyridine rings is 1. The van der Waals surface area contributed by atoms with E-state index < -0.39 is 22.0 Å². The Morgan fingerprint density at radius 1 is 1.12 bits per heavy atom. The highest BCUT2D eigenvalue weighted by Gasteiger charge is 2.28. The molecule has 9 heteroatoms. The SMILES string of the molecule is Cc1cc(COc2ccc(S(=O)(=O)NC[C@@H](C(=O)O)N3CCCCC3)cc2)c2ccccc2n1.